The van der Waals surface area contributed by atoms with Crippen molar-refractivity contribution in [1.29, 1.82) is 0 Å². The minimum absolute atomic E-state index is 0.117. The molecule has 1 aliphatic carbocycles. The largest absolute Gasteiger partial charge is 0.508 e. The van der Waals surface area contributed by atoms with Crippen molar-refractivity contribution in [3.63, 3.8) is 0 Å². The molecule has 3 atom stereocenters. The number of nitrogens with two attached hydrogens (primary N) is 1. The Morgan fingerprint density at radius 1 is 1.08 bits per heavy atom. The standard InChI is InChI=1S/C24H34N4O6S2/c25-17(12-15-4-6-16(29)7-5-15)20(30)27-18-13-35-36-14-19(22(32)33)28-23(34)24(8-1-2-9-24)10-3-11-26-21(18)31/h4-7,17-19,29H,1-3,8-14,25H2,(H,26,31)(H,27,30)(H,28,34)(H,32,33)/t17-,18?,19-/m0/s1. The lowest BCUT2D eigenvalue weighted by molar-refractivity contribution is -0.143. The van der Waals surface area contributed by atoms with Crippen molar-refractivity contribution in [3.05, 3.63) is 29.8 Å². The number of benzene rings is 1. The second kappa shape index (κ2) is 13.2. The number of aliphatic carboxylic acids is 1. The molecule has 10 nitrogen and oxygen atoms in total. The SMILES string of the molecule is N[C@@H](Cc1ccc(O)cc1)C(=O)NC1CSSC[C@@H](C(=O)O)NC(=O)C2(CCCC2)CCCNC1=O. The molecule has 0 radical (unpaired) electrons. The highest BCUT2D eigenvalue weighted by atomic mass is 33.1. The van der Waals surface area contributed by atoms with Crippen molar-refractivity contribution in [1.82, 2.24) is 16.0 Å². The van der Waals surface area contributed by atoms with Gasteiger partial charge >= 0.3 is 5.97 Å². The highest BCUT2D eigenvalue weighted by Crippen LogP contribution is 2.42. The van der Waals surface area contributed by atoms with Crippen LogP contribution >= 0.6 is 21.6 Å². The molecule has 0 aromatic heterocycles. The summed E-state index contributed by atoms with van der Waals surface area (Å²) in [5.74, 6) is -1.68. The van der Waals surface area contributed by atoms with Crippen LogP contribution in [0, 0.1) is 5.41 Å². The Bertz CT molecular complexity index is 939. The number of carboxylic acids is 1. The smallest absolute Gasteiger partial charge is 0.327 e. The number of phenols is 1. The number of aromatic hydroxyl groups is 1. The molecule has 1 heterocycles. The van der Waals surface area contributed by atoms with Gasteiger partial charge in [-0.2, -0.15) is 0 Å². The molecule has 0 bridgehead atoms. The predicted molar refractivity (Wildman–Crippen MR) is 139 cm³/mol. The zero-order chi connectivity index (χ0) is 26.1. The van der Waals surface area contributed by atoms with Gasteiger partial charge in [0.1, 0.15) is 17.8 Å². The first kappa shape index (κ1) is 28.1. The summed E-state index contributed by atoms with van der Waals surface area (Å²) in [7, 11) is 2.48. The van der Waals surface area contributed by atoms with E-state index in [4.69, 9.17) is 5.73 Å². The van der Waals surface area contributed by atoms with E-state index in [9.17, 15) is 29.4 Å². The van der Waals surface area contributed by atoms with Crippen LogP contribution < -0.4 is 21.7 Å². The lowest BCUT2D eigenvalue weighted by Gasteiger charge is -2.30. The first-order valence-electron chi connectivity index (χ1n) is 12.1. The summed E-state index contributed by atoms with van der Waals surface area (Å²) in [5, 5.41) is 27.4. The predicted octanol–water partition coefficient (Wildman–Crippen LogP) is 1.17. The number of carbonyl (C=O) groups is 4. The van der Waals surface area contributed by atoms with Gasteiger partial charge in [0.2, 0.25) is 17.7 Å². The van der Waals surface area contributed by atoms with Gasteiger partial charge in [-0.15, -0.1) is 0 Å². The number of phenolic OH excluding ortho intramolecular Hbond substituents is 1. The average molecular weight is 539 g/mol. The van der Waals surface area contributed by atoms with E-state index >= 15 is 0 Å². The Morgan fingerprint density at radius 3 is 2.39 bits per heavy atom. The van der Waals surface area contributed by atoms with E-state index in [1.807, 2.05) is 0 Å². The number of rotatable bonds is 5. The summed E-state index contributed by atoms with van der Waals surface area (Å²) in [6.07, 6.45) is 4.62. The fourth-order valence-corrected chi connectivity index (χ4v) is 6.88. The maximum Gasteiger partial charge on any atom is 0.327 e. The normalized spacial score (nSPS) is 24.2. The van der Waals surface area contributed by atoms with Crippen LogP contribution in [0.4, 0.5) is 0 Å². The zero-order valence-corrected chi connectivity index (χ0v) is 21.7. The van der Waals surface area contributed by atoms with Gasteiger partial charge in [0.25, 0.3) is 0 Å². The molecule has 1 unspecified atom stereocenters. The molecule has 2 aliphatic rings. The minimum Gasteiger partial charge on any atom is -0.508 e. The number of amides is 3. The quantitative estimate of drug-likeness (QED) is 0.301. The molecule has 1 aliphatic heterocycles. The minimum atomic E-state index is -1.10. The molecule has 36 heavy (non-hydrogen) atoms. The second-order valence-corrected chi connectivity index (χ2v) is 11.9. The Kier molecular flexibility index (Phi) is 10.3. The molecule has 198 valence electrons. The van der Waals surface area contributed by atoms with Crippen LogP contribution in [0.2, 0.25) is 0 Å². The third-order valence-corrected chi connectivity index (χ3v) is 9.11. The summed E-state index contributed by atoms with van der Waals surface area (Å²) < 4.78 is 0. The highest BCUT2D eigenvalue weighted by molar-refractivity contribution is 8.76. The third kappa shape index (κ3) is 7.78. The molecule has 1 saturated carbocycles. The van der Waals surface area contributed by atoms with Gasteiger partial charge in [-0.1, -0.05) is 46.6 Å². The van der Waals surface area contributed by atoms with E-state index < -0.39 is 35.4 Å². The fourth-order valence-electron chi connectivity index (χ4n) is 4.56. The summed E-state index contributed by atoms with van der Waals surface area (Å²) in [6, 6.07) is 3.62. The van der Waals surface area contributed by atoms with Crippen LogP contribution in [0.25, 0.3) is 0 Å². The Balaban J connectivity index is 1.64. The van der Waals surface area contributed by atoms with E-state index in [0.717, 1.165) is 18.4 Å². The topological polar surface area (TPSA) is 171 Å². The molecule has 3 amide bonds. The summed E-state index contributed by atoms with van der Waals surface area (Å²) in [4.78, 5) is 50.4. The number of hydrogen-bond donors (Lipinski definition) is 6. The van der Waals surface area contributed by atoms with Gasteiger partial charge in [0.15, 0.2) is 0 Å². The van der Waals surface area contributed by atoms with Gasteiger partial charge in [-0.3, -0.25) is 14.4 Å². The highest BCUT2D eigenvalue weighted by Gasteiger charge is 2.42. The number of nitrogens with one attached hydrogen (secondary N) is 3. The fraction of sp³-hybridized carbons (Fsp3) is 0.583. The molecule has 7 N–H and O–H groups in total. The van der Waals surface area contributed by atoms with Gasteiger partial charge in [-0.25, -0.2) is 4.79 Å². The average Bonchev–Trinajstić information content (AvgIpc) is 3.33. The maximum absolute atomic E-state index is 13.0. The van der Waals surface area contributed by atoms with E-state index in [-0.39, 0.29) is 35.5 Å². The molecule has 1 saturated heterocycles. The van der Waals surface area contributed by atoms with Gasteiger partial charge in [0, 0.05) is 23.5 Å². The Morgan fingerprint density at radius 2 is 1.72 bits per heavy atom. The number of carbonyl (C=O) groups excluding carboxylic acids is 3. The van der Waals surface area contributed by atoms with Crippen molar-refractivity contribution in [2.75, 3.05) is 18.1 Å². The maximum atomic E-state index is 13.0. The lowest BCUT2D eigenvalue weighted by atomic mass is 9.80. The van der Waals surface area contributed by atoms with Crippen LogP contribution in [0.5, 0.6) is 5.75 Å². The Hall–Kier alpha value is -2.44. The van der Waals surface area contributed by atoms with Crippen molar-refractivity contribution < 1.29 is 29.4 Å². The lowest BCUT2D eigenvalue weighted by Crippen LogP contribution is -2.53. The van der Waals surface area contributed by atoms with Crippen LogP contribution in [0.1, 0.15) is 44.1 Å². The van der Waals surface area contributed by atoms with Gasteiger partial charge < -0.3 is 31.9 Å². The first-order valence-corrected chi connectivity index (χ1v) is 14.6. The van der Waals surface area contributed by atoms with E-state index in [1.54, 1.807) is 12.1 Å². The van der Waals surface area contributed by atoms with Crippen LogP contribution in [-0.4, -0.2) is 70.1 Å². The van der Waals surface area contributed by atoms with Crippen molar-refractivity contribution >= 4 is 45.3 Å². The molecule has 1 spiro atoms. The molecule has 1 aromatic rings. The van der Waals surface area contributed by atoms with E-state index in [2.05, 4.69) is 16.0 Å². The van der Waals surface area contributed by atoms with Crippen molar-refractivity contribution in [2.45, 2.75) is 63.1 Å². The van der Waals surface area contributed by atoms with Gasteiger partial charge in [-0.05, 0) is 49.8 Å². The van der Waals surface area contributed by atoms with Crippen molar-refractivity contribution in [2.24, 2.45) is 11.1 Å². The molecule has 2 fully saturated rings. The molecular formula is C24H34N4O6S2. The summed E-state index contributed by atoms with van der Waals surface area (Å²) >= 11 is 0. The van der Waals surface area contributed by atoms with Crippen LogP contribution in [-0.2, 0) is 25.6 Å². The molecule has 3 rings (SSSR count). The van der Waals surface area contributed by atoms with E-state index in [1.165, 1.54) is 33.7 Å². The summed E-state index contributed by atoms with van der Waals surface area (Å²) in [5.41, 5.74) is 6.24. The number of carboxylic acid groups (broad SMARTS) is 1. The zero-order valence-electron chi connectivity index (χ0n) is 20.0. The second-order valence-electron chi connectivity index (χ2n) is 9.35. The molecule has 12 heteroatoms. The monoisotopic (exact) mass is 538 g/mol. The summed E-state index contributed by atoms with van der Waals surface area (Å²) in [6.45, 7) is 0.347. The third-order valence-electron chi connectivity index (χ3n) is 6.69. The van der Waals surface area contributed by atoms with Crippen molar-refractivity contribution in [3.8, 4) is 5.75 Å². The Labute approximate surface area is 218 Å². The van der Waals surface area contributed by atoms with Crippen LogP contribution in [0.3, 0.4) is 0 Å². The molecular weight excluding hydrogens is 504 g/mol. The van der Waals surface area contributed by atoms with Crippen LogP contribution in [0.15, 0.2) is 24.3 Å². The van der Waals surface area contributed by atoms with Gasteiger partial charge in [0.05, 0.1) is 6.04 Å². The van der Waals surface area contributed by atoms with E-state index in [0.29, 0.717) is 32.2 Å². The molecule has 1 aromatic carbocycles. The first-order chi connectivity index (χ1) is 17.2. The number of hydrogen-bond acceptors (Lipinski definition) is 8.